The Morgan fingerprint density at radius 2 is 2.21 bits per heavy atom. The van der Waals surface area contributed by atoms with Crippen molar-refractivity contribution in [1.82, 2.24) is 10.2 Å². The number of carbonyl (C=O) groups excluding carboxylic acids is 1. The van der Waals surface area contributed by atoms with E-state index in [9.17, 15) is 4.79 Å². The lowest BCUT2D eigenvalue weighted by molar-refractivity contribution is -0.132. The molecule has 1 aliphatic rings. The molecule has 1 unspecified atom stereocenters. The largest absolute Gasteiger partial charge is 0.370 e. The first-order valence-corrected chi connectivity index (χ1v) is 6.49. The highest BCUT2D eigenvalue weighted by Gasteiger charge is 2.22. The summed E-state index contributed by atoms with van der Waals surface area (Å²) in [6.07, 6.45) is 1.38. The van der Waals surface area contributed by atoms with E-state index in [1.165, 1.54) is 0 Å². The van der Waals surface area contributed by atoms with E-state index in [-0.39, 0.29) is 11.9 Å². The predicted molar refractivity (Wildman–Crippen MR) is 75.6 cm³/mol. The molecule has 102 valence electrons. The summed E-state index contributed by atoms with van der Waals surface area (Å²) in [4.78, 5) is 17.4. The van der Waals surface area contributed by atoms with Crippen LogP contribution in [0.15, 0.2) is 35.3 Å². The molecule has 19 heavy (non-hydrogen) atoms. The predicted octanol–water partition coefficient (Wildman–Crippen LogP) is 0.712. The third-order valence-corrected chi connectivity index (χ3v) is 3.25. The smallest absolute Gasteiger partial charge is 0.222 e. The molecule has 3 N–H and O–H groups in total. The van der Waals surface area contributed by atoms with E-state index in [1.807, 2.05) is 37.4 Å². The Morgan fingerprint density at radius 1 is 1.47 bits per heavy atom. The monoisotopic (exact) mass is 260 g/mol. The van der Waals surface area contributed by atoms with Gasteiger partial charge in [-0.15, -0.1) is 0 Å². The van der Waals surface area contributed by atoms with Gasteiger partial charge >= 0.3 is 0 Å². The van der Waals surface area contributed by atoms with Gasteiger partial charge < -0.3 is 16.0 Å². The van der Waals surface area contributed by atoms with Crippen LogP contribution < -0.4 is 11.1 Å². The van der Waals surface area contributed by atoms with Crippen molar-refractivity contribution in [2.75, 3.05) is 13.6 Å². The van der Waals surface area contributed by atoms with E-state index in [2.05, 4.69) is 10.3 Å². The summed E-state index contributed by atoms with van der Waals surface area (Å²) < 4.78 is 0. The quantitative estimate of drug-likeness (QED) is 0.621. The first kappa shape index (κ1) is 13.4. The highest BCUT2D eigenvalue weighted by atomic mass is 16.2. The number of hydrogen-bond donors (Lipinski definition) is 2. The molecule has 1 aromatic rings. The maximum absolute atomic E-state index is 11.4. The van der Waals surface area contributed by atoms with Crippen molar-refractivity contribution < 1.29 is 4.79 Å². The molecular formula is C14H20N4O. The van der Waals surface area contributed by atoms with Crippen LogP contribution in [0.4, 0.5) is 0 Å². The maximum atomic E-state index is 11.4. The lowest BCUT2D eigenvalue weighted by Gasteiger charge is -2.30. The molecule has 5 nitrogen and oxygen atoms in total. The summed E-state index contributed by atoms with van der Waals surface area (Å²) >= 11 is 0. The van der Waals surface area contributed by atoms with Gasteiger partial charge in [-0.2, -0.15) is 0 Å². The molecule has 2 rings (SSSR count). The average molecular weight is 260 g/mol. The first-order valence-electron chi connectivity index (χ1n) is 6.49. The summed E-state index contributed by atoms with van der Waals surface area (Å²) in [6, 6.07) is 10.2. The Labute approximate surface area is 113 Å². The zero-order valence-corrected chi connectivity index (χ0v) is 11.2. The van der Waals surface area contributed by atoms with Crippen LogP contribution in [0.3, 0.4) is 0 Å². The van der Waals surface area contributed by atoms with Crippen LogP contribution in [-0.4, -0.2) is 36.4 Å². The zero-order chi connectivity index (χ0) is 13.7. The number of rotatable bonds is 3. The molecule has 1 saturated heterocycles. The molecule has 0 radical (unpaired) electrons. The minimum Gasteiger partial charge on any atom is -0.370 e. The lowest BCUT2D eigenvalue weighted by atomic mass is 10.1. The second-order valence-corrected chi connectivity index (χ2v) is 4.84. The standard InChI is InChI=1S/C14H20N4O/c1-18-10-12(7-8-13(18)19)17-14(15)16-9-11-5-3-2-4-6-11/h2-6,12H,7-10H2,1H3,(H3,15,16,17). The summed E-state index contributed by atoms with van der Waals surface area (Å²) in [5.41, 5.74) is 7.00. The second kappa shape index (κ2) is 6.22. The SMILES string of the molecule is CN1CC(NC(N)=NCc2ccccc2)CCC1=O. The van der Waals surface area contributed by atoms with Crippen molar-refractivity contribution in [3.63, 3.8) is 0 Å². The highest BCUT2D eigenvalue weighted by Crippen LogP contribution is 2.09. The van der Waals surface area contributed by atoms with Crippen LogP contribution in [0, 0.1) is 0 Å². The molecule has 1 amide bonds. The number of guanidine groups is 1. The van der Waals surface area contributed by atoms with Crippen molar-refractivity contribution in [3.8, 4) is 0 Å². The minimum atomic E-state index is 0.192. The van der Waals surface area contributed by atoms with Gasteiger partial charge in [-0.3, -0.25) is 4.79 Å². The third-order valence-electron chi connectivity index (χ3n) is 3.25. The van der Waals surface area contributed by atoms with E-state index in [0.717, 1.165) is 12.0 Å². The molecule has 1 aromatic carbocycles. The van der Waals surface area contributed by atoms with Gasteiger partial charge in [0.1, 0.15) is 0 Å². The number of aliphatic imine (C=N–C) groups is 1. The van der Waals surface area contributed by atoms with Crippen molar-refractivity contribution >= 4 is 11.9 Å². The first-order chi connectivity index (χ1) is 9.15. The summed E-state index contributed by atoms with van der Waals surface area (Å²) in [5, 5.41) is 3.17. The Morgan fingerprint density at radius 3 is 2.89 bits per heavy atom. The van der Waals surface area contributed by atoms with Gasteiger partial charge in [-0.25, -0.2) is 4.99 Å². The normalized spacial score (nSPS) is 20.5. The summed E-state index contributed by atoms with van der Waals surface area (Å²) in [6.45, 7) is 1.25. The summed E-state index contributed by atoms with van der Waals surface area (Å²) in [5.74, 6) is 0.634. The molecule has 1 aliphatic heterocycles. The number of likely N-dealkylation sites (N-methyl/N-ethyl adjacent to an activating group) is 1. The Hall–Kier alpha value is -2.04. The molecule has 1 fully saturated rings. The van der Waals surface area contributed by atoms with Gasteiger partial charge in [0.2, 0.25) is 5.91 Å². The lowest BCUT2D eigenvalue weighted by Crippen LogP contribution is -2.50. The average Bonchev–Trinajstić information content (AvgIpc) is 2.42. The van der Waals surface area contributed by atoms with E-state index >= 15 is 0 Å². The minimum absolute atomic E-state index is 0.192. The second-order valence-electron chi connectivity index (χ2n) is 4.84. The Bertz CT molecular complexity index is 458. The number of nitrogens with zero attached hydrogens (tertiary/aromatic N) is 2. The third kappa shape index (κ3) is 3.98. The molecule has 5 heteroatoms. The van der Waals surface area contributed by atoms with Crippen LogP contribution in [0.25, 0.3) is 0 Å². The van der Waals surface area contributed by atoms with Crippen molar-refractivity contribution in [1.29, 1.82) is 0 Å². The molecule has 0 bridgehead atoms. The topological polar surface area (TPSA) is 70.7 Å². The van der Waals surface area contributed by atoms with E-state index in [4.69, 9.17) is 5.73 Å². The fourth-order valence-electron chi connectivity index (χ4n) is 2.14. The molecule has 0 aliphatic carbocycles. The van der Waals surface area contributed by atoms with Gasteiger partial charge in [0, 0.05) is 26.1 Å². The molecule has 0 spiro atoms. The van der Waals surface area contributed by atoms with E-state index in [1.54, 1.807) is 4.90 Å². The van der Waals surface area contributed by atoms with Gasteiger partial charge in [0.25, 0.3) is 0 Å². The summed E-state index contributed by atoms with van der Waals surface area (Å²) in [7, 11) is 1.81. The number of nitrogens with one attached hydrogen (secondary N) is 1. The van der Waals surface area contributed by atoms with E-state index < -0.39 is 0 Å². The molecule has 0 aromatic heterocycles. The number of piperidine rings is 1. The number of carbonyl (C=O) groups is 1. The van der Waals surface area contributed by atoms with Crippen LogP contribution in [0.5, 0.6) is 0 Å². The molecule has 1 atom stereocenters. The van der Waals surface area contributed by atoms with Crippen molar-refractivity contribution in [3.05, 3.63) is 35.9 Å². The van der Waals surface area contributed by atoms with Crippen LogP contribution in [0.2, 0.25) is 0 Å². The number of likely N-dealkylation sites (tertiary alicyclic amines) is 1. The van der Waals surface area contributed by atoms with Crippen LogP contribution >= 0.6 is 0 Å². The highest BCUT2D eigenvalue weighted by molar-refractivity contribution is 5.80. The van der Waals surface area contributed by atoms with Crippen molar-refractivity contribution in [2.45, 2.75) is 25.4 Å². The number of amides is 1. The Kier molecular flexibility index (Phi) is 4.39. The Balaban J connectivity index is 1.84. The van der Waals surface area contributed by atoms with Crippen LogP contribution in [-0.2, 0) is 11.3 Å². The maximum Gasteiger partial charge on any atom is 0.222 e. The fourth-order valence-corrected chi connectivity index (χ4v) is 2.14. The van der Waals surface area contributed by atoms with Gasteiger partial charge in [-0.05, 0) is 12.0 Å². The van der Waals surface area contributed by atoms with Crippen LogP contribution in [0.1, 0.15) is 18.4 Å². The number of benzene rings is 1. The molecule has 1 heterocycles. The van der Waals surface area contributed by atoms with E-state index in [0.29, 0.717) is 25.5 Å². The van der Waals surface area contributed by atoms with Crippen molar-refractivity contribution in [2.24, 2.45) is 10.7 Å². The molecular weight excluding hydrogens is 240 g/mol. The number of hydrogen-bond acceptors (Lipinski definition) is 2. The zero-order valence-electron chi connectivity index (χ0n) is 11.2. The molecule has 0 saturated carbocycles. The van der Waals surface area contributed by atoms with Gasteiger partial charge in [-0.1, -0.05) is 30.3 Å². The fraction of sp³-hybridized carbons (Fsp3) is 0.429. The van der Waals surface area contributed by atoms with Gasteiger partial charge in [0.05, 0.1) is 6.54 Å². The van der Waals surface area contributed by atoms with Gasteiger partial charge in [0.15, 0.2) is 5.96 Å². The number of nitrogens with two attached hydrogens (primary N) is 1.